The van der Waals surface area contributed by atoms with Crippen LogP contribution in [0.1, 0.15) is 20.8 Å². The van der Waals surface area contributed by atoms with Gasteiger partial charge in [0.1, 0.15) is 0 Å². The molecule has 0 amide bonds. The van der Waals surface area contributed by atoms with Crippen molar-refractivity contribution in [3.8, 4) is 0 Å². The van der Waals surface area contributed by atoms with Crippen LogP contribution < -0.4 is 0 Å². The van der Waals surface area contributed by atoms with Gasteiger partial charge in [0, 0.05) is 0 Å². The maximum atomic E-state index is 11.2. The van der Waals surface area contributed by atoms with Gasteiger partial charge >= 0.3 is 0 Å². The molecule has 0 aromatic rings. The molecule has 0 spiro atoms. The highest BCUT2D eigenvalue weighted by Crippen LogP contribution is 2.27. The summed E-state index contributed by atoms with van der Waals surface area (Å²) in [7, 11) is 0. The lowest BCUT2D eigenvalue weighted by Crippen LogP contribution is -2.17. The molecule has 0 aliphatic carbocycles. The van der Waals surface area contributed by atoms with Crippen LogP contribution in [0.5, 0.6) is 0 Å². The van der Waals surface area contributed by atoms with E-state index in [0.29, 0.717) is 12.5 Å². The molecule has 62 valence electrons. The molecule has 0 radical (unpaired) electrons. The van der Waals surface area contributed by atoms with Crippen molar-refractivity contribution >= 4 is 5.78 Å². The zero-order chi connectivity index (χ0) is 8.48. The van der Waals surface area contributed by atoms with Crippen molar-refractivity contribution in [2.45, 2.75) is 26.4 Å². The fourth-order valence-electron chi connectivity index (χ4n) is 0.707. The lowest BCUT2D eigenvalue weighted by molar-refractivity contribution is -0.118. The van der Waals surface area contributed by atoms with E-state index >= 15 is 0 Å². The fraction of sp³-hybridized carbons (Fsp3) is 0.667. The maximum Gasteiger partial charge on any atom is 0.189 e. The van der Waals surface area contributed by atoms with Crippen molar-refractivity contribution in [1.29, 1.82) is 0 Å². The number of carbonyl (C=O) groups is 1. The molecule has 1 atom stereocenters. The van der Waals surface area contributed by atoms with Crippen molar-refractivity contribution in [1.82, 2.24) is 0 Å². The molecule has 0 aromatic carbocycles. The van der Waals surface area contributed by atoms with Gasteiger partial charge in [-0.25, -0.2) is 0 Å². The Morgan fingerprint density at radius 2 is 2.18 bits per heavy atom. The van der Waals surface area contributed by atoms with Crippen LogP contribution >= 0.6 is 0 Å². The molecule has 1 fully saturated rings. The van der Waals surface area contributed by atoms with Crippen molar-refractivity contribution in [2.24, 2.45) is 5.92 Å². The number of ketones is 1. The SMILES string of the molecule is CC(C)/C=C\C(=O)C1(C)CO1. The summed E-state index contributed by atoms with van der Waals surface area (Å²) in [6, 6.07) is 0. The Morgan fingerprint density at radius 3 is 2.55 bits per heavy atom. The van der Waals surface area contributed by atoms with Crippen LogP contribution in [0.2, 0.25) is 0 Å². The Balaban J connectivity index is 2.44. The molecule has 1 unspecified atom stereocenters. The van der Waals surface area contributed by atoms with Crippen LogP contribution in [0.25, 0.3) is 0 Å². The van der Waals surface area contributed by atoms with Crippen LogP contribution in [0.15, 0.2) is 12.2 Å². The molecule has 2 heteroatoms. The zero-order valence-electron chi connectivity index (χ0n) is 7.26. The molecule has 0 bridgehead atoms. The maximum absolute atomic E-state index is 11.2. The van der Waals surface area contributed by atoms with Gasteiger partial charge in [0.05, 0.1) is 6.61 Å². The first kappa shape index (κ1) is 8.47. The second kappa shape index (κ2) is 2.78. The van der Waals surface area contributed by atoms with E-state index < -0.39 is 5.60 Å². The summed E-state index contributed by atoms with van der Waals surface area (Å²) in [6.45, 7) is 6.48. The molecule has 0 aromatic heterocycles. The Hall–Kier alpha value is -0.630. The summed E-state index contributed by atoms with van der Waals surface area (Å²) in [5.41, 5.74) is -0.481. The Labute approximate surface area is 67.2 Å². The van der Waals surface area contributed by atoms with Gasteiger partial charge in [-0.1, -0.05) is 19.9 Å². The van der Waals surface area contributed by atoms with Gasteiger partial charge in [-0.3, -0.25) is 4.79 Å². The van der Waals surface area contributed by atoms with Gasteiger partial charge < -0.3 is 4.74 Å². The lowest BCUT2D eigenvalue weighted by atomic mass is 10.1. The smallest absolute Gasteiger partial charge is 0.189 e. The van der Waals surface area contributed by atoms with Gasteiger partial charge in [0.25, 0.3) is 0 Å². The molecule has 1 aliphatic heterocycles. The van der Waals surface area contributed by atoms with Crippen LogP contribution in [0, 0.1) is 5.92 Å². The highest BCUT2D eigenvalue weighted by atomic mass is 16.6. The number of carbonyl (C=O) groups excluding carboxylic acids is 1. The van der Waals surface area contributed by atoms with E-state index in [1.54, 1.807) is 6.08 Å². The van der Waals surface area contributed by atoms with E-state index in [2.05, 4.69) is 0 Å². The summed E-state index contributed by atoms with van der Waals surface area (Å²) >= 11 is 0. The summed E-state index contributed by atoms with van der Waals surface area (Å²) in [6.07, 6.45) is 3.52. The number of allylic oxidation sites excluding steroid dienone is 1. The van der Waals surface area contributed by atoms with E-state index in [4.69, 9.17) is 4.74 Å². The predicted molar refractivity (Wildman–Crippen MR) is 43.3 cm³/mol. The second-order valence-corrected chi connectivity index (χ2v) is 3.49. The highest BCUT2D eigenvalue weighted by molar-refractivity contribution is 5.98. The molecule has 11 heavy (non-hydrogen) atoms. The number of ether oxygens (including phenoxy) is 1. The second-order valence-electron chi connectivity index (χ2n) is 3.49. The minimum atomic E-state index is -0.481. The molecule has 1 heterocycles. The van der Waals surface area contributed by atoms with Crippen molar-refractivity contribution < 1.29 is 9.53 Å². The van der Waals surface area contributed by atoms with Gasteiger partial charge in [0.15, 0.2) is 11.4 Å². The summed E-state index contributed by atoms with van der Waals surface area (Å²) < 4.78 is 4.99. The van der Waals surface area contributed by atoms with Crippen LogP contribution in [-0.2, 0) is 9.53 Å². The normalized spacial score (nSPS) is 29.8. The van der Waals surface area contributed by atoms with Crippen LogP contribution in [0.4, 0.5) is 0 Å². The highest BCUT2D eigenvalue weighted by Gasteiger charge is 2.45. The molecule has 0 saturated carbocycles. The molecular formula is C9H14O2. The molecule has 1 aliphatic rings. The quantitative estimate of drug-likeness (QED) is 0.456. The first-order chi connectivity index (χ1) is 5.04. The van der Waals surface area contributed by atoms with E-state index in [0.717, 1.165) is 0 Å². The van der Waals surface area contributed by atoms with E-state index in [9.17, 15) is 4.79 Å². The molecule has 2 nitrogen and oxygen atoms in total. The van der Waals surface area contributed by atoms with Crippen molar-refractivity contribution in [3.63, 3.8) is 0 Å². The van der Waals surface area contributed by atoms with Gasteiger partial charge in [-0.15, -0.1) is 0 Å². The van der Waals surface area contributed by atoms with Crippen LogP contribution in [0.3, 0.4) is 0 Å². The van der Waals surface area contributed by atoms with E-state index in [1.807, 2.05) is 26.8 Å². The molecule has 1 saturated heterocycles. The molecule has 1 rings (SSSR count). The number of rotatable bonds is 3. The fourth-order valence-corrected chi connectivity index (χ4v) is 0.707. The Bertz CT molecular complexity index is 188. The first-order valence-electron chi connectivity index (χ1n) is 3.91. The largest absolute Gasteiger partial charge is 0.361 e. The van der Waals surface area contributed by atoms with Gasteiger partial charge in [0.2, 0.25) is 0 Å². The summed E-state index contributed by atoms with van der Waals surface area (Å²) in [5, 5.41) is 0. The average molecular weight is 154 g/mol. The predicted octanol–water partition coefficient (Wildman–Crippen LogP) is 1.56. The number of epoxide rings is 1. The number of hydrogen-bond donors (Lipinski definition) is 0. The third-order valence-electron chi connectivity index (χ3n) is 1.73. The van der Waals surface area contributed by atoms with Crippen LogP contribution in [-0.4, -0.2) is 18.0 Å². The molecule has 0 N–H and O–H groups in total. The van der Waals surface area contributed by atoms with Crippen molar-refractivity contribution in [2.75, 3.05) is 6.61 Å². The standard InChI is InChI=1S/C9H14O2/c1-7(2)4-5-8(10)9(3)6-11-9/h4-5,7H,6H2,1-3H3/b5-4-. The van der Waals surface area contributed by atoms with Gasteiger partial charge in [-0.2, -0.15) is 0 Å². The molecular weight excluding hydrogens is 140 g/mol. The van der Waals surface area contributed by atoms with Gasteiger partial charge in [-0.05, 0) is 18.9 Å². The minimum absolute atomic E-state index is 0.0891. The van der Waals surface area contributed by atoms with E-state index in [1.165, 1.54) is 0 Å². The minimum Gasteiger partial charge on any atom is -0.361 e. The zero-order valence-corrected chi connectivity index (χ0v) is 7.26. The topological polar surface area (TPSA) is 29.6 Å². The third-order valence-corrected chi connectivity index (χ3v) is 1.73. The van der Waals surface area contributed by atoms with E-state index in [-0.39, 0.29) is 5.78 Å². The summed E-state index contributed by atoms with van der Waals surface area (Å²) in [4.78, 5) is 11.2. The van der Waals surface area contributed by atoms with Crippen molar-refractivity contribution in [3.05, 3.63) is 12.2 Å². The lowest BCUT2D eigenvalue weighted by Gasteiger charge is -1.98. The number of hydrogen-bond acceptors (Lipinski definition) is 2. The average Bonchev–Trinajstić information content (AvgIpc) is 2.64. The summed E-state index contributed by atoms with van der Waals surface area (Å²) in [5.74, 6) is 0.521. The Morgan fingerprint density at radius 1 is 1.64 bits per heavy atom. The Kier molecular flexibility index (Phi) is 2.14. The third kappa shape index (κ3) is 2.15. The monoisotopic (exact) mass is 154 g/mol. The first-order valence-corrected chi connectivity index (χ1v) is 3.91.